The Balaban J connectivity index is 1.39. The summed E-state index contributed by atoms with van der Waals surface area (Å²) >= 11 is 0. The summed E-state index contributed by atoms with van der Waals surface area (Å²) in [6.45, 7) is 0. The van der Waals surface area contributed by atoms with E-state index >= 15 is 0 Å². The average molecular weight is 335 g/mol. The number of amides is 2. The minimum atomic E-state index is -0.181. The highest BCUT2D eigenvalue weighted by molar-refractivity contribution is 6.06. The van der Waals surface area contributed by atoms with Crippen LogP contribution in [-0.2, 0) is 9.59 Å². The minimum absolute atomic E-state index is 0.110. The van der Waals surface area contributed by atoms with Crippen LogP contribution < -0.4 is 4.90 Å². The highest BCUT2D eigenvalue weighted by Crippen LogP contribution is 2.65. The second kappa shape index (κ2) is 5.04. The predicted octanol–water partition coefficient (Wildman–Crippen LogP) is 2.14. The first-order chi connectivity index (χ1) is 12.1. The summed E-state index contributed by atoms with van der Waals surface area (Å²) in [5.74, 6) is 1.15. The molecule has 6 atom stereocenters. The molecule has 3 fully saturated rings. The maximum absolute atomic E-state index is 12.8. The molecule has 1 aromatic rings. The maximum atomic E-state index is 12.8. The topological polar surface area (TPSA) is 53.0 Å². The predicted molar refractivity (Wildman–Crippen MR) is 94.9 cm³/mol. The van der Waals surface area contributed by atoms with E-state index in [0.29, 0.717) is 11.8 Å². The summed E-state index contributed by atoms with van der Waals surface area (Å²) < 4.78 is 0. The first-order valence-electron chi connectivity index (χ1n) is 8.94. The Morgan fingerprint density at radius 3 is 2.08 bits per heavy atom. The van der Waals surface area contributed by atoms with Crippen molar-refractivity contribution < 1.29 is 9.59 Å². The van der Waals surface area contributed by atoms with Gasteiger partial charge in [0, 0.05) is 19.8 Å². The van der Waals surface area contributed by atoms with Crippen LogP contribution >= 0.6 is 0 Å². The molecule has 1 aromatic carbocycles. The Kier molecular flexibility index (Phi) is 3.00. The molecule has 6 rings (SSSR count). The Bertz CT molecular complexity index is 775. The number of anilines is 1. The number of hydrogen-bond donors (Lipinski definition) is 0. The number of allylic oxidation sites excluding steroid dienone is 2. The van der Waals surface area contributed by atoms with Crippen LogP contribution in [0.5, 0.6) is 0 Å². The van der Waals surface area contributed by atoms with E-state index < -0.39 is 0 Å². The zero-order valence-electron chi connectivity index (χ0n) is 14.4. The zero-order valence-corrected chi connectivity index (χ0v) is 14.4. The van der Waals surface area contributed by atoms with Crippen LogP contribution in [0.25, 0.3) is 0 Å². The van der Waals surface area contributed by atoms with Crippen LogP contribution in [0.3, 0.4) is 0 Å². The number of carbonyl (C=O) groups excluding carboxylic acids is 2. The lowest BCUT2D eigenvalue weighted by Crippen LogP contribution is -2.40. The SMILES string of the molecule is CN(C)c1ccc(/C=N/N2C(=O)[C@@H]3[C@@H]4C=C[C@H]([C@H]5C[C@H]45)[C@@H]3C2=O)cc1. The van der Waals surface area contributed by atoms with Gasteiger partial charge in [0.2, 0.25) is 0 Å². The van der Waals surface area contributed by atoms with Gasteiger partial charge in [0.05, 0.1) is 18.1 Å². The lowest BCUT2D eigenvalue weighted by molar-refractivity contribution is -0.140. The van der Waals surface area contributed by atoms with Crippen molar-refractivity contribution in [3.05, 3.63) is 42.0 Å². The number of nitrogens with zero attached hydrogens (tertiary/aromatic N) is 3. The van der Waals surface area contributed by atoms with Gasteiger partial charge in [-0.2, -0.15) is 10.1 Å². The minimum Gasteiger partial charge on any atom is -0.378 e. The van der Waals surface area contributed by atoms with Crippen molar-refractivity contribution in [3.8, 4) is 0 Å². The highest BCUT2D eigenvalue weighted by atomic mass is 16.2. The second-order valence-electron chi connectivity index (χ2n) is 7.87. The average Bonchev–Trinajstić information content (AvgIpc) is 3.39. The summed E-state index contributed by atoms with van der Waals surface area (Å²) in [5.41, 5.74) is 1.98. The maximum Gasteiger partial charge on any atom is 0.254 e. The molecule has 2 amide bonds. The van der Waals surface area contributed by atoms with Crippen molar-refractivity contribution in [1.82, 2.24) is 5.01 Å². The normalized spacial score (nSPS) is 37.6. The van der Waals surface area contributed by atoms with Crippen LogP contribution in [0.1, 0.15) is 12.0 Å². The lowest BCUT2D eigenvalue weighted by Gasteiger charge is -2.37. The molecule has 25 heavy (non-hydrogen) atoms. The third-order valence-corrected chi connectivity index (χ3v) is 6.37. The Hall–Kier alpha value is -2.43. The van der Waals surface area contributed by atoms with Crippen molar-refractivity contribution in [3.63, 3.8) is 0 Å². The summed E-state index contributed by atoms with van der Waals surface area (Å²) in [6, 6.07) is 7.87. The summed E-state index contributed by atoms with van der Waals surface area (Å²) in [6.07, 6.45) is 7.15. The Morgan fingerprint density at radius 2 is 1.56 bits per heavy atom. The molecule has 5 aliphatic rings. The number of carbonyl (C=O) groups is 2. The van der Waals surface area contributed by atoms with E-state index in [-0.39, 0.29) is 35.5 Å². The van der Waals surface area contributed by atoms with E-state index in [2.05, 4.69) is 17.3 Å². The molecule has 4 aliphatic carbocycles. The number of benzene rings is 1. The van der Waals surface area contributed by atoms with Gasteiger partial charge in [-0.05, 0) is 47.8 Å². The molecule has 0 spiro atoms. The van der Waals surface area contributed by atoms with Crippen LogP contribution in [0.2, 0.25) is 0 Å². The number of hydrogen-bond acceptors (Lipinski definition) is 4. The van der Waals surface area contributed by atoms with Crippen molar-refractivity contribution >= 4 is 23.7 Å². The molecule has 2 bridgehead atoms. The highest BCUT2D eigenvalue weighted by Gasteiger charge is 2.67. The standard InChI is InChI=1S/C20H21N3O2/c1-22(2)12-5-3-11(4-6-12)10-21-23-19(24)17-13-7-8-14(16-9-15(13)16)18(17)20(23)25/h3-8,10,13-18H,9H2,1-2H3/b21-10+/t13-,14-,15-,16-,17-,18+/m1/s1. The third kappa shape index (κ3) is 2.04. The molecule has 0 N–H and O–H groups in total. The summed E-state index contributed by atoms with van der Waals surface area (Å²) in [4.78, 5) is 27.7. The van der Waals surface area contributed by atoms with Gasteiger partial charge in [-0.15, -0.1) is 0 Å². The molecule has 0 aromatic heterocycles. The summed E-state index contributed by atoms with van der Waals surface area (Å²) in [5, 5.41) is 5.39. The largest absolute Gasteiger partial charge is 0.378 e. The van der Waals surface area contributed by atoms with Gasteiger partial charge in [0.25, 0.3) is 11.8 Å². The Morgan fingerprint density at radius 1 is 1.00 bits per heavy atom. The molecule has 1 aliphatic heterocycles. The molecule has 5 nitrogen and oxygen atoms in total. The number of hydrazone groups is 1. The number of imide groups is 1. The molecular formula is C20H21N3O2. The van der Waals surface area contributed by atoms with E-state index in [1.54, 1.807) is 6.21 Å². The van der Waals surface area contributed by atoms with Crippen LogP contribution in [-0.4, -0.2) is 37.1 Å². The van der Waals surface area contributed by atoms with Crippen molar-refractivity contribution in [2.75, 3.05) is 19.0 Å². The molecule has 0 unspecified atom stereocenters. The van der Waals surface area contributed by atoms with E-state index in [1.807, 2.05) is 43.3 Å². The molecule has 0 radical (unpaired) electrons. The molecular weight excluding hydrogens is 314 g/mol. The van der Waals surface area contributed by atoms with Crippen molar-refractivity contribution in [2.24, 2.45) is 40.6 Å². The van der Waals surface area contributed by atoms with Crippen LogP contribution in [0.4, 0.5) is 5.69 Å². The molecule has 1 saturated heterocycles. The molecule has 5 heteroatoms. The molecule has 2 saturated carbocycles. The van der Waals surface area contributed by atoms with Gasteiger partial charge in [-0.25, -0.2) is 0 Å². The zero-order chi connectivity index (χ0) is 17.3. The van der Waals surface area contributed by atoms with E-state index in [4.69, 9.17) is 0 Å². The first kappa shape index (κ1) is 14.9. The Labute approximate surface area is 147 Å². The number of rotatable bonds is 3. The van der Waals surface area contributed by atoms with Crippen LogP contribution in [0.15, 0.2) is 41.5 Å². The van der Waals surface area contributed by atoms with Gasteiger partial charge in [0.15, 0.2) is 0 Å². The van der Waals surface area contributed by atoms with Gasteiger partial charge in [-0.1, -0.05) is 24.3 Å². The first-order valence-corrected chi connectivity index (χ1v) is 8.94. The van der Waals surface area contributed by atoms with E-state index in [9.17, 15) is 9.59 Å². The molecule has 1 heterocycles. The van der Waals surface area contributed by atoms with Gasteiger partial charge in [-0.3, -0.25) is 9.59 Å². The quantitative estimate of drug-likeness (QED) is 0.483. The van der Waals surface area contributed by atoms with Gasteiger partial charge in [0.1, 0.15) is 0 Å². The lowest BCUT2D eigenvalue weighted by atomic mass is 9.63. The van der Waals surface area contributed by atoms with Gasteiger partial charge < -0.3 is 4.90 Å². The third-order valence-electron chi connectivity index (χ3n) is 6.37. The van der Waals surface area contributed by atoms with Crippen molar-refractivity contribution in [1.29, 1.82) is 0 Å². The fourth-order valence-electron chi connectivity index (χ4n) is 5.04. The molecule has 128 valence electrons. The van der Waals surface area contributed by atoms with Crippen LogP contribution in [0, 0.1) is 35.5 Å². The van der Waals surface area contributed by atoms with E-state index in [0.717, 1.165) is 16.3 Å². The fourth-order valence-corrected chi connectivity index (χ4v) is 5.04. The van der Waals surface area contributed by atoms with Gasteiger partial charge >= 0.3 is 0 Å². The fraction of sp³-hybridized carbons (Fsp3) is 0.450. The second-order valence-corrected chi connectivity index (χ2v) is 7.87. The van der Waals surface area contributed by atoms with E-state index in [1.165, 1.54) is 6.42 Å². The monoisotopic (exact) mass is 335 g/mol. The summed E-state index contributed by atoms with van der Waals surface area (Å²) in [7, 11) is 3.97. The smallest absolute Gasteiger partial charge is 0.254 e. The van der Waals surface area contributed by atoms with Crippen molar-refractivity contribution in [2.45, 2.75) is 6.42 Å².